The van der Waals surface area contributed by atoms with Gasteiger partial charge in [-0.05, 0) is 31.0 Å². The van der Waals surface area contributed by atoms with Gasteiger partial charge in [0.2, 0.25) is 0 Å². The number of aromatic nitrogens is 3. The van der Waals surface area contributed by atoms with Gasteiger partial charge in [-0.15, -0.1) is 10.2 Å². The summed E-state index contributed by atoms with van der Waals surface area (Å²) in [7, 11) is 0. The molecule has 0 aliphatic carbocycles. The first-order valence-corrected chi connectivity index (χ1v) is 6.02. The van der Waals surface area contributed by atoms with Crippen molar-refractivity contribution in [2.24, 2.45) is 0 Å². The van der Waals surface area contributed by atoms with Crippen LogP contribution in [0, 0.1) is 25.2 Å². The van der Waals surface area contributed by atoms with E-state index in [1.165, 1.54) is 11.1 Å². The highest BCUT2D eigenvalue weighted by molar-refractivity contribution is 5.65. The third-order valence-electron chi connectivity index (χ3n) is 3.38. The van der Waals surface area contributed by atoms with Crippen molar-refractivity contribution < 1.29 is 0 Å². The van der Waals surface area contributed by atoms with Gasteiger partial charge in [-0.3, -0.25) is 4.40 Å². The zero-order valence-corrected chi connectivity index (χ0v) is 10.8. The quantitative estimate of drug-likeness (QED) is 0.665. The van der Waals surface area contributed by atoms with E-state index >= 15 is 0 Å². The van der Waals surface area contributed by atoms with Crippen molar-refractivity contribution in [3.63, 3.8) is 0 Å². The molecule has 92 valence electrons. The lowest BCUT2D eigenvalue weighted by Crippen LogP contribution is -1.93. The first-order valence-electron chi connectivity index (χ1n) is 6.02. The molecule has 0 fully saturated rings. The molecule has 0 bridgehead atoms. The van der Waals surface area contributed by atoms with Crippen LogP contribution in [0.5, 0.6) is 0 Å². The standard InChI is InChI=1S/C15H12N4/c1-10-4-3-5-13(11(10)2)15-18-17-14-8-12(9-16)6-7-19(14)15/h3-8H,1-2H3. The van der Waals surface area contributed by atoms with E-state index in [9.17, 15) is 0 Å². The van der Waals surface area contributed by atoms with Crippen LogP contribution in [-0.2, 0) is 0 Å². The zero-order valence-electron chi connectivity index (χ0n) is 10.8. The van der Waals surface area contributed by atoms with Crippen molar-refractivity contribution >= 4 is 5.65 Å². The average molecular weight is 248 g/mol. The zero-order chi connectivity index (χ0) is 13.4. The van der Waals surface area contributed by atoms with E-state index < -0.39 is 0 Å². The Morgan fingerprint density at radius 2 is 2.00 bits per heavy atom. The summed E-state index contributed by atoms with van der Waals surface area (Å²) in [6, 6.07) is 11.7. The molecule has 19 heavy (non-hydrogen) atoms. The smallest absolute Gasteiger partial charge is 0.168 e. The lowest BCUT2D eigenvalue weighted by molar-refractivity contribution is 1.10. The number of aryl methyl sites for hydroxylation is 1. The second-order valence-corrected chi connectivity index (χ2v) is 4.53. The van der Waals surface area contributed by atoms with E-state index in [0.717, 1.165) is 11.4 Å². The topological polar surface area (TPSA) is 54.0 Å². The van der Waals surface area contributed by atoms with E-state index in [0.29, 0.717) is 11.2 Å². The van der Waals surface area contributed by atoms with E-state index in [-0.39, 0.29) is 0 Å². The molecular weight excluding hydrogens is 236 g/mol. The van der Waals surface area contributed by atoms with Gasteiger partial charge >= 0.3 is 0 Å². The summed E-state index contributed by atoms with van der Waals surface area (Å²) < 4.78 is 1.91. The number of hydrogen-bond donors (Lipinski definition) is 0. The molecule has 0 spiro atoms. The van der Waals surface area contributed by atoms with Crippen LogP contribution < -0.4 is 0 Å². The van der Waals surface area contributed by atoms with Crippen molar-refractivity contribution in [3.8, 4) is 17.5 Å². The Bertz CT molecular complexity index is 809. The predicted molar refractivity (Wildman–Crippen MR) is 72.6 cm³/mol. The maximum atomic E-state index is 8.89. The number of nitriles is 1. The van der Waals surface area contributed by atoms with Crippen molar-refractivity contribution in [3.05, 3.63) is 53.2 Å². The van der Waals surface area contributed by atoms with Crippen LogP contribution in [0.25, 0.3) is 17.0 Å². The summed E-state index contributed by atoms with van der Waals surface area (Å²) in [6.07, 6.45) is 1.84. The number of fused-ring (bicyclic) bond motifs is 1. The van der Waals surface area contributed by atoms with E-state index in [2.05, 4.69) is 36.2 Å². The highest BCUT2D eigenvalue weighted by atomic mass is 15.2. The number of hydrogen-bond acceptors (Lipinski definition) is 3. The predicted octanol–water partition coefficient (Wildman–Crippen LogP) is 2.88. The second kappa shape index (κ2) is 4.21. The van der Waals surface area contributed by atoms with Gasteiger partial charge in [0.1, 0.15) is 0 Å². The highest BCUT2D eigenvalue weighted by Crippen LogP contribution is 2.24. The molecule has 1 aromatic carbocycles. The minimum atomic E-state index is 0.590. The number of pyridine rings is 1. The summed E-state index contributed by atoms with van der Waals surface area (Å²) in [6.45, 7) is 4.16. The third kappa shape index (κ3) is 1.76. The Hall–Kier alpha value is -2.67. The van der Waals surface area contributed by atoms with Crippen LogP contribution in [0.1, 0.15) is 16.7 Å². The van der Waals surface area contributed by atoms with E-state index in [1.54, 1.807) is 12.1 Å². The summed E-state index contributed by atoms with van der Waals surface area (Å²) in [5.41, 5.74) is 4.77. The number of benzene rings is 1. The molecule has 0 unspecified atom stereocenters. The van der Waals surface area contributed by atoms with Crippen LogP contribution in [0.2, 0.25) is 0 Å². The van der Waals surface area contributed by atoms with Gasteiger partial charge in [0.15, 0.2) is 11.5 Å². The van der Waals surface area contributed by atoms with Crippen LogP contribution in [0.3, 0.4) is 0 Å². The van der Waals surface area contributed by atoms with Crippen molar-refractivity contribution in [2.45, 2.75) is 13.8 Å². The molecule has 0 N–H and O–H groups in total. The second-order valence-electron chi connectivity index (χ2n) is 4.53. The molecule has 3 rings (SSSR count). The minimum Gasteiger partial charge on any atom is -0.282 e. The van der Waals surface area contributed by atoms with Crippen molar-refractivity contribution in [2.75, 3.05) is 0 Å². The van der Waals surface area contributed by atoms with Gasteiger partial charge in [-0.25, -0.2) is 0 Å². The minimum absolute atomic E-state index is 0.590. The Morgan fingerprint density at radius 1 is 1.16 bits per heavy atom. The third-order valence-corrected chi connectivity index (χ3v) is 3.38. The first-order chi connectivity index (χ1) is 9.20. The summed E-state index contributed by atoms with van der Waals surface area (Å²) in [4.78, 5) is 0. The molecule has 2 heterocycles. The molecule has 0 aliphatic heterocycles. The summed E-state index contributed by atoms with van der Waals surface area (Å²) >= 11 is 0. The highest BCUT2D eigenvalue weighted by Gasteiger charge is 2.11. The largest absolute Gasteiger partial charge is 0.282 e. The summed E-state index contributed by atoms with van der Waals surface area (Å²) in [5, 5.41) is 17.3. The molecule has 3 aromatic rings. The van der Waals surface area contributed by atoms with Crippen molar-refractivity contribution in [1.29, 1.82) is 5.26 Å². The van der Waals surface area contributed by atoms with E-state index in [4.69, 9.17) is 5.26 Å². The Kier molecular flexibility index (Phi) is 2.53. The molecule has 0 radical (unpaired) electrons. The van der Waals surface area contributed by atoms with Gasteiger partial charge in [0, 0.05) is 17.8 Å². The molecular formula is C15H12N4. The van der Waals surface area contributed by atoms with Crippen LogP contribution in [0.4, 0.5) is 0 Å². The van der Waals surface area contributed by atoms with Gasteiger partial charge in [-0.1, -0.05) is 18.2 Å². The Morgan fingerprint density at radius 3 is 2.79 bits per heavy atom. The van der Waals surface area contributed by atoms with Gasteiger partial charge in [-0.2, -0.15) is 5.26 Å². The number of rotatable bonds is 1. The maximum absolute atomic E-state index is 8.89. The fourth-order valence-electron chi connectivity index (χ4n) is 2.14. The maximum Gasteiger partial charge on any atom is 0.168 e. The molecule has 0 aliphatic rings. The van der Waals surface area contributed by atoms with Crippen LogP contribution in [-0.4, -0.2) is 14.6 Å². The fourth-order valence-corrected chi connectivity index (χ4v) is 2.14. The fraction of sp³-hybridized carbons (Fsp3) is 0.133. The molecule has 0 saturated heterocycles. The average Bonchev–Trinajstić information content (AvgIpc) is 2.84. The lowest BCUT2D eigenvalue weighted by atomic mass is 10.0. The molecule has 4 nitrogen and oxygen atoms in total. The van der Waals surface area contributed by atoms with Gasteiger partial charge < -0.3 is 0 Å². The molecule has 2 aromatic heterocycles. The Labute approximate surface area is 111 Å². The molecule has 0 amide bonds. The van der Waals surface area contributed by atoms with Crippen molar-refractivity contribution in [1.82, 2.24) is 14.6 Å². The van der Waals surface area contributed by atoms with Gasteiger partial charge in [0.05, 0.1) is 11.6 Å². The van der Waals surface area contributed by atoms with Gasteiger partial charge in [0.25, 0.3) is 0 Å². The normalized spacial score (nSPS) is 10.6. The first kappa shape index (κ1) is 11.4. The van der Waals surface area contributed by atoms with Crippen LogP contribution in [0.15, 0.2) is 36.5 Å². The monoisotopic (exact) mass is 248 g/mol. The SMILES string of the molecule is Cc1cccc(-c2nnc3cc(C#N)ccn23)c1C. The molecule has 4 heteroatoms. The molecule has 0 saturated carbocycles. The van der Waals surface area contributed by atoms with Crippen LogP contribution >= 0.6 is 0 Å². The summed E-state index contributed by atoms with van der Waals surface area (Å²) in [5.74, 6) is 0.806. The Balaban J connectivity index is 2.27. The number of nitrogens with zero attached hydrogens (tertiary/aromatic N) is 4. The van der Waals surface area contributed by atoms with E-state index in [1.807, 2.05) is 22.7 Å². The molecule has 0 atom stereocenters. The lowest BCUT2D eigenvalue weighted by Gasteiger charge is -2.06.